The summed E-state index contributed by atoms with van der Waals surface area (Å²) in [5, 5.41) is 0.348. The average Bonchev–Trinajstić information content (AvgIpc) is 2.68. The molecule has 1 aliphatic heterocycles. The Balaban J connectivity index is 2.04. The number of amides is 1. The van der Waals surface area contributed by atoms with Gasteiger partial charge < -0.3 is 4.90 Å². The maximum absolute atomic E-state index is 13.7. The van der Waals surface area contributed by atoms with Gasteiger partial charge in [0.1, 0.15) is 0 Å². The maximum atomic E-state index is 13.7. The van der Waals surface area contributed by atoms with Crippen molar-refractivity contribution in [2.45, 2.75) is 6.54 Å². The molecule has 1 heterocycles. The van der Waals surface area contributed by atoms with Gasteiger partial charge in [-0.05, 0) is 24.3 Å². The van der Waals surface area contributed by atoms with E-state index in [9.17, 15) is 18.4 Å². The number of halogens is 3. The van der Waals surface area contributed by atoms with E-state index in [2.05, 4.69) is 0 Å². The number of carbonyl (C=O) groups excluding carboxylic acids is 2. The Bertz CT molecular complexity index is 776. The van der Waals surface area contributed by atoms with E-state index in [0.29, 0.717) is 10.7 Å². The van der Waals surface area contributed by atoms with E-state index in [-0.39, 0.29) is 17.7 Å². The van der Waals surface area contributed by atoms with Crippen molar-refractivity contribution in [1.82, 2.24) is 0 Å². The lowest BCUT2D eigenvalue weighted by Crippen LogP contribution is -2.29. The third-order valence-corrected chi connectivity index (χ3v) is 3.53. The number of ketones is 1. The minimum atomic E-state index is -1.03. The van der Waals surface area contributed by atoms with E-state index < -0.39 is 23.3 Å². The number of fused-ring (bicyclic) bond motifs is 1. The highest BCUT2D eigenvalue weighted by Gasteiger charge is 2.36. The van der Waals surface area contributed by atoms with Gasteiger partial charge in [-0.15, -0.1) is 0 Å². The van der Waals surface area contributed by atoms with Crippen LogP contribution in [0.3, 0.4) is 0 Å². The van der Waals surface area contributed by atoms with E-state index >= 15 is 0 Å². The van der Waals surface area contributed by atoms with Gasteiger partial charge in [-0.3, -0.25) is 9.59 Å². The van der Waals surface area contributed by atoms with E-state index in [1.165, 1.54) is 30.3 Å². The molecule has 0 radical (unpaired) electrons. The second kappa shape index (κ2) is 4.93. The fourth-order valence-corrected chi connectivity index (χ4v) is 2.43. The predicted octanol–water partition coefficient (Wildman–Crippen LogP) is 3.35. The summed E-state index contributed by atoms with van der Waals surface area (Å²) in [7, 11) is 0. The van der Waals surface area contributed by atoms with Crippen LogP contribution in [0.1, 0.15) is 15.9 Å². The van der Waals surface area contributed by atoms with Crippen LogP contribution in [0, 0.1) is 11.6 Å². The van der Waals surface area contributed by atoms with Gasteiger partial charge in [-0.25, -0.2) is 8.78 Å². The molecule has 2 aromatic carbocycles. The second-order valence-electron chi connectivity index (χ2n) is 4.59. The lowest BCUT2D eigenvalue weighted by molar-refractivity contribution is -0.114. The summed E-state index contributed by atoms with van der Waals surface area (Å²) in [6.45, 7) is -0.235. The van der Waals surface area contributed by atoms with Crippen LogP contribution in [0.4, 0.5) is 14.5 Å². The van der Waals surface area contributed by atoms with Crippen molar-refractivity contribution in [3.8, 4) is 0 Å². The Hall–Kier alpha value is -2.27. The molecule has 0 atom stereocenters. The Morgan fingerprint density at radius 2 is 1.86 bits per heavy atom. The molecule has 0 fully saturated rings. The maximum Gasteiger partial charge on any atom is 0.299 e. The van der Waals surface area contributed by atoms with Crippen molar-refractivity contribution >= 4 is 29.0 Å². The lowest BCUT2D eigenvalue weighted by Gasteiger charge is -2.17. The predicted molar refractivity (Wildman–Crippen MR) is 73.3 cm³/mol. The van der Waals surface area contributed by atoms with Gasteiger partial charge in [0, 0.05) is 10.6 Å². The number of benzene rings is 2. The van der Waals surface area contributed by atoms with E-state index in [1.807, 2.05) is 0 Å². The molecule has 0 spiro atoms. The van der Waals surface area contributed by atoms with Gasteiger partial charge in [-0.2, -0.15) is 0 Å². The van der Waals surface area contributed by atoms with Gasteiger partial charge in [0.05, 0.1) is 17.8 Å². The first-order valence-corrected chi connectivity index (χ1v) is 6.45. The van der Waals surface area contributed by atoms with E-state index in [1.54, 1.807) is 0 Å². The summed E-state index contributed by atoms with van der Waals surface area (Å²) in [6.07, 6.45) is 0. The molecule has 0 N–H and O–H groups in total. The van der Waals surface area contributed by atoms with Crippen LogP contribution in [0.25, 0.3) is 0 Å². The monoisotopic (exact) mass is 307 g/mol. The van der Waals surface area contributed by atoms with E-state index in [4.69, 9.17) is 11.6 Å². The van der Waals surface area contributed by atoms with Gasteiger partial charge in [0.2, 0.25) is 0 Å². The third kappa shape index (κ3) is 2.19. The van der Waals surface area contributed by atoms with E-state index in [0.717, 1.165) is 11.0 Å². The van der Waals surface area contributed by atoms with Crippen LogP contribution in [0.5, 0.6) is 0 Å². The molecule has 0 aromatic heterocycles. The van der Waals surface area contributed by atoms with Crippen molar-refractivity contribution in [2.75, 3.05) is 4.90 Å². The molecule has 21 heavy (non-hydrogen) atoms. The SMILES string of the molecule is O=C1C(=O)N(Cc2cccc(F)c2F)c2cc(Cl)ccc21. The van der Waals surface area contributed by atoms with Crippen LogP contribution < -0.4 is 4.90 Å². The van der Waals surface area contributed by atoms with Gasteiger partial charge in [0.25, 0.3) is 11.7 Å². The highest BCUT2D eigenvalue weighted by molar-refractivity contribution is 6.52. The quantitative estimate of drug-likeness (QED) is 0.798. The Kier molecular flexibility index (Phi) is 3.22. The first-order chi connectivity index (χ1) is 9.99. The minimum Gasteiger partial charge on any atom is -0.300 e. The third-order valence-electron chi connectivity index (χ3n) is 3.29. The summed E-state index contributed by atoms with van der Waals surface area (Å²) in [5.74, 6) is -3.50. The Morgan fingerprint density at radius 1 is 1.10 bits per heavy atom. The molecule has 1 amide bonds. The van der Waals surface area contributed by atoms with Crippen molar-refractivity contribution in [3.05, 3.63) is 64.2 Å². The minimum absolute atomic E-state index is 0.0102. The number of hydrogen-bond donors (Lipinski definition) is 0. The topological polar surface area (TPSA) is 37.4 Å². The fraction of sp³-hybridized carbons (Fsp3) is 0.0667. The number of hydrogen-bond acceptors (Lipinski definition) is 2. The van der Waals surface area contributed by atoms with Crippen LogP contribution in [0.2, 0.25) is 5.02 Å². The second-order valence-corrected chi connectivity index (χ2v) is 5.03. The van der Waals surface area contributed by atoms with Crippen LogP contribution in [-0.2, 0) is 11.3 Å². The van der Waals surface area contributed by atoms with Crippen LogP contribution in [-0.4, -0.2) is 11.7 Å². The molecule has 0 saturated carbocycles. The van der Waals surface area contributed by atoms with Crippen molar-refractivity contribution in [3.63, 3.8) is 0 Å². The molecule has 0 saturated heterocycles. The smallest absolute Gasteiger partial charge is 0.299 e. The normalized spacial score (nSPS) is 13.8. The summed E-state index contributed by atoms with van der Waals surface area (Å²) in [4.78, 5) is 24.9. The molecule has 0 aliphatic carbocycles. The van der Waals surface area contributed by atoms with Gasteiger partial charge in [-0.1, -0.05) is 23.7 Å². The highest BCUT2D eigenvalue weighted by Crippen LogP contribution is 2.33. The van der Waals surface area contributed by atoms with Gasteiger partial charge in [0.15, 0.2) is 11.6 Å². The zero-order valence-corrected chi connectivity index (χ0v) is 11.3. The summed E-state index contributed by atoms with van der Waals surface area (Å²) >= 11 is 5.86. The van der Waals surface area contributed by atoms with Gasteiger partial charge >= 0.3 is 0 Å². The molecule has 3 rings (SSSR count). The number of anilines is 1. The molecule has 106 valence electrons. The van der Waals surface area contributed by atoms with Crippen molar-refractivity contribution in [1.29, 1.82) is 0 Å². The number of carbonyl (C=O) groups is 2. The molecule has 2 aromatic rings. The lowest BCUT2D eigenvalue weighted by atomic mass is 10.1. The largest absolute Gasteiger partial charge is 0.300 e. The van der Waals surface area contributed by atoms with Crippen LogP contribution >= 0.6 is 11.6 Å². The Morgan fingerprint density at radius 3 is 2.62 bits per heavy atom. The number of Topliss-reactive ketones (excluding diaryl/α,β-unsaturated/α-hetero) is 1. The fourth-order valence-electron chi connectivity index (χ4n) is 2.27. The highest BCUT2D eigenvalue weighted by atomic mass is 35.5. The Labute approximate surface area is 123 Å². The van der Waals surface area contributed by atoms with Crippen molar-refractivity contribution < 1.29 is 18.4 Å². The summed E-state index contributed by atoms with van der Waals surface area (Å²) in [5.41, 5.74) is 0.506. The number of nitrogens with zero attached hydrogens (tertiary/aromatic N) is 1. The molecule has 6 heteroatoms. The van der Waals surface area contributed by atoms with Crippen LogP contribution in [0.15, 0.2) is 36.4 Å². The molecule has 3 nitrogen and oxygen atoms in total. The first-order valence-electron chi connectivity index (χ1n) is 6.07. The molecular weight excluding hydrogens is 300 g/mol. The summed E-state index contributed by atoms with van der Waals surface area (Å²) in [6, 6.07) is 8.09. The molecular formula is C15H8ClF2NO2. The number of rotatable bonds is 2. The zero-order valence-electron chi connectivity index (χ0n) is 10.6. The molecule has 0 bridgehead atoms. The summed E-state index contributed by atoms with van der Waals surface area (Å²) < 4.78 is 26.9. The standard InChI is InChI=1S/C15H8ClF2NO2/c16-9-4-5-10-12(6-9)19(15(21)14(10)20)7-8-2-1-3-11(17)13(8)18/h1-6H,7H2. The zero-order chi connectivity index (χ0) is 15.1. The molecule has 0 unspecified atom stereocenters. The first kappa shape index (κ1) is 13.7. The molecule has 1 aliphatic rings. The van der Waals surface area contributed by atoms with Crippen molar-refractivity contribution in [2.24, 2.45) is 0 Å². The average molecular weight is 308 g/mol.